The lowest BCUT2D eigenvalue weighted by atomic mass is 10.1. The predicted octanol–water partition coefficient (Wildman–Crippen LogP) is 3.35. The van der Waals surface area contributed by atoms with Crippen molar-refractivity contribution >= 4 is 23.5 Å². The van der Waals surface area contributed by atoms with E-state index < -0.39 is 11.9 Å². The highest BCUT2D eigenvalue weighted by atomic mass is 35.5. The standard InChI is InChI=1S/C15H24ClNO.C2H2O4/c1-12-7-8-13(16)14(11-12)18-10-6-5-9-17-15(2,3)4;3-1(4)2(5)6/h7-8,11,17H,5-6,9-10H2,1-4H3;(H,3,4)(H,5,6). The molecule has 0 aliphatic rings. The molecule has 1 rings (SSSR count). The Kier molecular flexibility index (Phi) is 10.1. The number of carboxylic acids is 2. The van der Waals surface area contributed by atoms with E-state index in [0.717, 1.165) is 31.7 Å². The average molecular weight is 360 g/mol. The maximum absolute atomic E-state index is 9.10. The van der Waals surface area contributed by atoms with Crippen LogP contribution in [0.15, 0.2) is 18.2 Å². The third kappa shape index (κ3) is 11.7. The highest BCUT2D eigenvalue weighted by Crippen LogP contribution is 2.25. The molecule has 0 fully saturated rings. The smallest absolute Gasteiger partial charge is 0.414 e. The lowest BCUT2D eigenvalue weighted by Gasteiger charge is -2.20. The zero-order valence-electron chi connectivity index (χ0n) is 14.6. The Balaban J connectivity index is 0.000000754. The maximum Gasteiger partial charge on any atom is 0.414 e. The number of unbranched alkanes of at least 4 members (excludes halogenated alkanes) is 1. The van der Waals surface area contributed by atoms with Crippen molar-refractivity contribution < 1.29 is 24.5 Å². The van der Waals surface area contributed by atoms with E-state index in [2.05, 4.69) is 26.1 Å². The number of halogens is 1. The van der Waals surface area contributed by atoms with Gasteiger partial charge in [-0.1, -0.05) is 17.7 Å². The summed E-state index contributed by atoms with van der Waals surface area (Å²) in [6.45, 7) is 10.3. The fourth-order valence-corrected chi connectivity index (χ4v) is 1.77. The summed E-state index contributed by atoms with van der Waals surface area (Å²) < 4.78 is 5.69. The zero-order valence-corrected chi connectivity index (χ0v) is 15.3. The molecule has 0 aliphatic heterocycles. The van der Waals surface area contributed by atoms with Crippen molar-refractivity contribution in [3.63, 3.8) is 0 Å². The van der Waals surface area contributed by atoms with Gasteiger partial charge in [-0.15, -0.1) is 0 Å². The Labute approximate surface area is 147 Å². The number of nitrogens with one attached hydrogen (secondary N) is 1. The van der Waals surface area contributed by atoms with Crippen molar-refractivity contribution in [2.24, 2.45) is 0 Å². The summed E-state index contributed by atoms with van der Waals surface area (Å²) in [4.78, 5) is 18.2. The van der Waals surface area contributed by atoms with Crippen LogP contribution in [-0.4, -0.2) is 40.8 Å². The van der Waals surface area contributed by atoms with Crippen LogP contribution in [-0.2, 0) is 9.59 Å². The summed E-state index contributed by atoms with van der Waals surface area (Å²) in [6, 6.07) is 5.85. The number of hydrogen-bond acceptors (Lipinski definition) is 4. The molecule has 3 N–H and O–H groups in total. The van der Waals surface area contributed by atoms with E-state index in [0.29, 0.717) is 5.02 Å². The number of rotatable bonds is 6. The Morgan fingerprint density at radius 2 is 1.75 bits per heavy atom. The number of ether oxygens (including phenoxy) is 1. The fourth-order valence-electron chi connectivity index (χ4n) is 1.59. The Bertz CT molecular complexity index is 528. The summed E-state index contributed by atoms with van der Waals surface area (Å²) in [5.41, 5.74) is 1.37. The summed E-state index contributed by atoms with van der Waals surface area (Å²) in [6.07, 6.45) is 2.15. The molecule has 0 saturated carbocycles. The SMILES string of the molecule is Cc1ccc(Cl)c(OCCCCNC(C)(C)C)c1.O=C(O)C(=O)O. The van der Waals surface area contributed by atoms with Gasteiger partial charge in [0.15, 0.2) is 0 Å². The molecule has 0 unspecified atom stereocenters. The van der Waals surface area contributed by atoms with Gasteiger partial charge in [0.1, 0.15) is 5.75 Å². The first-order valence-corrected chi connectivity index (χ1v) is 8.01. The van der Waals surface area contributed by atoms with E-state index in [4.69, 9.17) is 36.1 Å². The first-order chi connectivity index (χ1) is 11.0. The van der Waals surface area contributed by atoms with Gasteiger partial charge in [-0.3, -0.25) is 0 Å². The third-order valence-electron chi connectivity index (χ3n) is 2.75. The zero-order chi connectivity index (χ0) is 18.8. The topological polar surface area (TPSA) is 95.9 Å². The largest absolute Gasteiger partial charge is 0.492 e. The first kappa shape index (κ1) is 22.2. The van der Waals surface area contributed by atoms with Gasteiger partial charge in [0.2, 0.25) is 0 Å². The predicted molar refractivity (Wildman–Crippen MR) is 93.9 cm³/mol. The van der Waals surface area contributed by atoms with Crippen LogP contribution in [0.5, 0.6) is 5.75 Å². The fraction of sp³-hybridized carbons (Fsp3) is 0.529. The minimum absolute atomic E-state index is 0.195. The number of aliphatic carboxylic acids is 2. The van der Waals surface area contributed by atoms with E-state index in [-0.39, 0.29) is 5.54 Å². The molecule has 0 saturated heterocycles. The molecule has 0 radical (unpaired) electrons. The lowest BCUT2D eigenvalue weighted by Crippen LogP contribution is -2.36. The van der Waals surface area contributed by atoms with Crippen LogP contribution in [0.4, 0.5) is 0 Å². The normalized spacial score (nSPS) is 10.5. The van der Waals surface area contributed by atoms with Gasteiger partial charge in [0.25, 0.3) is 0 Å². The van der Waals surface area contributed by atoms with Gasteiger partial charge in [-0.25, -0.2) is 9.59 Å². The molecule has 0 aromatic heterocycles. The molecule has 1 aromatic rings. The number of carbonyl (C=O) groups is 2. The van der Waals surface area contributed by atoms with E-state index in [1.165, 1.54) is 5.56 Å². The Hall–Kier alpha value is -1.79. The summed E-state index contributed by atoms with van der Waals surface area (Å²) in [7, 11) is 0. The minimum atomic E-state index is -1.82. The van der Waals surface area contributed by atoms with Crippen LogP contribution in [0.2, 0.25) is 5.02 Å². The highest BCUT2D eigenvalue weighted by molar-refractivity contribution is 6.32. The molecule has 0 aliphatic carbocycles. The molecule has 6 nitrogen and oxygen atoms in total. The second-order valence-electron chi connectivity index (χ2n) is 6.28. The van der Waals surface area contributed by atoms with Crippen molar-refractivity contribution in [2.45, 2.75) is 46.1 Å². The van der Waals surface area contributed by atoms with E-state index in [9.17, 15) is 0 Å². The van der Waals surface area contributed by atoms with Crippen molar-refractivity contribution in [2.75, 3.05) is 13.2 Å². The summed E-state index contributed by atoms with van der Waals surface area (Å²) >= 11 is 6.06. The monoisotopic (exact) mass is 359 g/mol. The van der Waals surface area contributed by atoms with Crippen LogP contribution in [0, 0.1) is 6.92 Å². The third-order valence-corrected chi connectivity index (χ3v) is 3.07. The van der Waals surface area contributed by atoms with Gasteiger partial charge in [0.05, 0.1) is 11.6 Å². The van der Waals surface area contributed by atoms with Crippen molar-refractivity contribution in [1.29, 1.82) is 0 Å². The van der Waals surface area contributed by atoms with E-state index >= 15 is 0 Å². The first-order valence-electron chi connectivity index (χ1n) is 7.63. The molecule has 7 heteroatoms. The molecule has 136 valence electrons. The molecule has 0 spiro atoms. The Morgan fingerprint density at radius 3 is 2.25 bits per heavy atom. The molecular weight excluding hydrogens is 334 g/mol. The number of carboxylic acid groups (broad SMARTS) is 2. The Morgan fingerprint density at radius 1 is 1.17 bits per heavy atom. The second kappa shape index (κ2) is 10.9. The molecule has 0 amide bonds. The van der Waals surface area contributed by atoms with E-state index in [1.807, 2.05) is 25.1 Å². The van der Waals surface area contributed by atoms with Gasteiger partial charge in [-0.05, 0) is 64.8 Å². The number of aryl methyl sites for hydroxylation is 1. The molecule has 0 heterocycles. The van der Waals surface area contributed by atoms with Crippen LogP contribution < -0.4 is 10.1 Å². The van der Waals surface area contributed by atoms with Crippen molar-refractivity contribution in [1.82, 2.24) is 5.32 Å². The lowest BCUT2D eigenvalue weighted by molar-refractivity contribution is -0.159. The second-order valence-corrected chi connectivity index (χ2v) is 6.68. The van der Waals surface area contributed by atoms with Gasteiger partial charge in [-0.2, -0.15) is 0 Å². The van der Waals surface area contributed by atoms with Crippen LogP contribution in [0.25, 0.3) is 0 Å². The molecule has 0 atom stereocenters. The van der Waals surface area contributed by atoms with Crippen molar-refractivity contribution in [3.05, 3.63) is 28.8 Å². The maximum atomic E-state index is 9.10. The molecule has 0 bridgehead atoms. The number of benzene rings is 1. The summed E-state index contributed by atoms with van der Waals surface area (Å²) in [5, 5.41) is 18.9. The molecule has 1 aromatic carbocycles. The average Bonchev–Trinajstić information content (AvgIpc) is 2.45. The highest BCUT2D eigenvalue weighted by Gasteiger charge is 2.07. The van der Waals surface area contributed by atoms with Gasteiger partial charge < -0.3 is 20.3 Å². The van der Waals surface area contributed by atoms with Gasteiger partial charge in [0, 0.05) is 5.54 Å². The quantitative estimate of drug-likeness (QED) is 0.532. The van der Waals surface area contributed by atoms with Gasteiger partial charge >= 0.3 is 11.9 Å². The van der Waals surface area contributed by atoms with Crippen molar-refractivity contribution in [3.8, 4) is 5.75 Å². The van der Waals surface area contributed by atoms with E-state index in [1.54, 1.807) is 0 Å². The summed E-state index contributed by atoms with van der Waals surface area (Å²) in [5.74, 6) is -2.86. The van der Waals surface area contributed by atoms with Crippen LogP contribution in [0.3, 0.4) is 0 Å². The minimum Gasteiger partial charge on any atom is -0.492 e. The molecular formula is C17H26ClNO5. The molecule has 24 heavy (non-hydrogen) atoms. The van der Waals surface area contributed by atoms with Crippen LogP contribution >= 0.6 is 11.6 Å². The number of hydrogen-bond donors (Lipinski definition) is 3. The van der Waals surface area contributed by atoms with Crippen LogP contribution in [0.1, 0.15) is 39.2 Å².